The van der Waals surface area contributed by atoms with Crippen molar-refractivity contribution in [3.8, 4) is 22.6 Å². The molecular weight excluding hydrogens is 398 g/mol. The quantitative estimate of drug-likeness (QED) is 0.406. The van der Waals surface area contributed by atoms with E-state index in [4.69, 9.17) is 4.74 Å². The lowest BCUT2D eigenvalue weighted by atomic mass is 9.87. The number of nitrogens with one attached hydrogen (secondary N) is 1. The van der Waals surface area contributed by atoms with Gasteiger partial charge in [-0.25, -0.2) is 0 Å². The van der Waals surface area contributed by atoms with Crippen LogP contribution in [0.1, 0.15) is 24.3 Å². The van der Waals surface area contributed by atoms with Crippen molar-refractivity contribution in [2.45, 2.75) is 18.8 Å². The van der Waals surface area contributed by atoms with Crippen molar-refractivity contribution in [2.75, 3.05) is 13.1 Å². The Labute approximate surface area is 187 Å². The van der Waals surface area contributed by atoms with E-state index in [-0.39, 0.29) is 5.91 Å². The van der Waals surface area contributed by atoms with Crippen LogP contribution >= 0.6 is 0 Å². The summed E-state index contributed by atoms with van der Waals surface area (Å²) in [5, 5.41) is 8.50. The third kappa shape index (κ3) is 4.02. The van der Waals surface area contributed by atoms with Gasteiger partial charge in [0.2, 0.25) is 5.91 Å². The number of hydrogen-bond donors (Lipinski definition) is 1. The smallest absolute Gasteiger partial charge is 0.245 e. The number of benzene rings is 3. The molecule has 3 aromatic carbocycles. The van der Waals surface area contributed by atoms with Gasteiger partial charge in [-0.1, -0.05) is 36.9 Å². The molecule has 1 unspecified atom stereocenters. The molecule has 1 aromatic heterocycles. The number of fused-ring (bicyclic) bond motifs is 1. The lowest BCUT2D eigenvalue weighted by molar-refractivity contribution is -0.127. The standard InChI is InChI=1S/C27H25N3O2/c1-2-26(31)30-14-6-7-20(18-30)21-15-22-17-28-29-27(22)25(16-21)19-10-12-24(13-11-19)32-23-8-4-3-5-9-23/h2-5,8-13,15-17,20H,1,6-7,14,18H2,(H,28,29). The number of para-hydroxylation sites is 1. The Balaban J connectivity index is 1.46. The lowest BCUT2D eigenvalue weighted by Crippen LogP contribution is -2.38. The zero-order valence-corrected chi connectivity index (χ0v) is 17.8. The van der Waals surface area contributed by atoms with Gasteiger partial charge in [-0.05, 0) is 66.4 Å². The Morgan fingerprint density at radius 2 is 1.88 bits per heavy atom. The molecule has 1 fully saturated rings. The average molecular weight is 424 g/mol. The van der Waals surface area contributed by atoms with Crippen LogP contribution in [-0.4, -0.2) is 34.1 Å². The molecule has 5 heteroatoms. The average Bonchev–Trinajstić information content (AvgIpc) is 3.33. The molecule has 0 radical (unpaired) electrons. The zero-order valence-electron chi connectivity index (χ0n) is 17.8. The molecule has 0 aliphatic carbocycles. The van der Waals surface area contributed by atoms with Crippen molar-refractivity contribution >= 4 is 16.8 Å². The first kappa shape index (κ1) is 20.1. The maximum absolute atomic E-state index is 12.1. The minimum atomic E-state index is 0.00770. The number of ether oxygens (including phenoxy) is 1. The summed E-state index contributed by atoms with van der Waals surface area (Å²) in [6, 6.07) is 22.3. The summed E-state index contributed by atoms with van der Waals surface area (Å²) >= 11 is 0. The summed E-state index contributed by atoms with van der Waals surface area (Å²) in [5.74, 6) is 1.91. The Kier molecular flexibility index (Phi) is 5.46. The van der Waals surface area contributed by atoms with Crippen molar-refractivity contribution in [3.05, 3.63) is 91.1 Å². The first-order chi connectivity index (χ1) is 15.7. The van der Waals surface area contributed by atoms with Crippen molar-refractivity contribution in [2.24, 2.45) is 0 Å². The molecule has 160 valence electrons. The molecule has 1 N–H and O–H groups in total. The molecule has 32 heavy (non-hydrogen) atoms. The molecule has 1 atom stereocenters. The van der Waals surface area contributed by atoms with Crippen LogP contribution in [0.2, 0.25) is 0 Å². The van der Waals surface area contributed by atoms with Gasteiger partial charge in [0.15, 0.2) is 0 Å². The predicted molar refractivity (Wildman–Crippen MR) is 127 cm³/mol. The highest BCUT2D eigenvalue weighted by Crippen LogP contribution is 2.35. The van der Waals surface area contributed by atoms with Gasteiger partial charge < -0.3 is 9.64 Å². The minimum Gasteiger partial charge on any atom is -0.457 e. The van der Waals surface area contributed by atoms with Crippen LogP contribution in [0.25, 0.3) is 22.0 Å². The fourth-order valence-electron chi connectivity index (χ4n) is 4.45. The van der Waals surface area contributed by atoms with E-state index in [0.717, 1.165) is 59.5 Å². The van der Waals surface area contributed by atoms with Crippen molar-refractivity contribution in [1.29, 1.82) is 0 Å². The second-order valence-electron chi connectivity index (χ2n) is 8.17. The summed E-state index contributed by atoms with van der Waals surface area (Å²) < 4.78 is 5.94. The van der Waals surface area contributed by atoms with Gasteiger partial charge in [0.1, 0.15) is 11.5 Å². The van der Waals surface area contributed by atoms with E-state index >= 15 is 0 Å². The number of carbonyl (C=O) groups is 1. The monoisotopic (exact) mass is 423 g/mol. The van der Waals surface area contributed by atoms with Crippen molar-refractivity contribution in [1.82, 2.24) is 15.1 Å². The van der Waals surface area contributed by atoms with Crippen LogP contribution < -0.4 is 4.74 Å². The van der Waals surface area contributed by atoms with Crippen molar-refractivity contribution < 1.29 is 9.53 Å². The highest BCUT2D eigenvalue weighted by molar-refractivity contribution is 5.94. The molecular formula is C27H25N3O2. The third-order valence-corrected chi connectivity index (χ3v) is 6.09. The van der Waals surface area contributed by atoms with Gasteiger partial charge in [-0.15, -0.1) is 0 Å². The number of rotatable bonds is 5. The van der Waals surface area contributed by atoms with E-state index in [0.29, 0.717) is 5.92 Å². The van der Waals surface area contributed by atoms with E-state index < -0.39 is 0 Å². The maximum atomic E-state index is 12.1. The normalized spacial score (nSPS) is 16.1. The predicted octanol–water partition coefficient (Wildman–Crippen LogP) is 5.91. The molecule has 1 aliphatic rings. The minimum absolute atomic E-state index is 0.00770. The summed E-state index contributed by atoms with van der Waals surface area (Å²) in [6.07, 6.45) is 5.33. The van der Waals surface area contributed by atoms with E-state index in [1.807, 2.05) is 53.6 Å². The molecule has 5 rings (SSSR count). The maximum Gasteiger partial charge on any atom is 0.245 e. The Hall–Kier alpha value is -3.86. The summed E-state index contributed by atoms with van der Waals surface area (Å²) in [5.41, 5.74) is 4.45. The Bertz CT molecular complexity index is 1250. The van der Waals surface area contributed by atoms with E-state index in [9.17, 15) is 4.79 Å². The second kappa shape index (κ2) is 8.71. The van der Waals surface area contributed by atoms with Crippen LogP contribution in [0.5, 0.6) is 11.5 Å². The molecule has 0 spiro atoms. The number of nitrogens with zero attached hydrogens (tertiary/aromatic N) is 2. The molecule has 0 bridgehead atoms. The topological polar surface area (TPSA) is 58.2 Å². The van der Waals surface area contributed by atoms with Gasteiger partial charge in [-0.2, -0.15) is 5.10 Å². The Morgan fingerprint density at radius 3 is 2.66 bits per heavy atom. The number of likely N-dealkylation sites (tertiary alicyclic amines) is 1. The van der Waals surface area contributed by atoms with E-state index in [1.54, 1.807) is 0 Å². The lowest BCUT2D eigenvalue weighted by Gasteiger charge is -2.32. The first-order valence-corrected chi connectivity index (χ1v) is 10.9. The summed E-state index contributed by atoms with van der Waals surface area (Å²) in [7, 11) is 0. The highest BCUT2D eigenvalue weighted by Gasteiger charge is 2.24. The number of H-pyrrole nitrogens is 1. The zero-order chi connectivity index (χ0) is 21.9. The largest absolute Gasteiger partial charge is 0.457 e. The van der Waals surface area contributed by atoms with Crippen LogP contribution in [0.15, 0.2) is 85.6 Å². The fraction of sp³-hybridized carbons (Fsp3) is 0.185. The number of piperidine rings is 1. The number of hydrogen-bond acceptors (Lipinski definition) is 3. The molecule has 2 heterocycles. The second-order valence-corrected chi connectivity index (χ2v) is 8.17. The van der Waals surface area contributed by atoms with Gasteiger partial charge in [0.05, 0.1) is 11.7 Å². The van der Waals surface area contributed by atoms with Crippen molar-refractivity contribution in [3.63, 3.8) is 0 Å². The molecule has 1 aliphatic heterocycles. The molecule has 1 amide bonds. The van der Waals surface area contributed by atoms with Crippen LogP contribution in [0, 0.1) is 0 Å². The summed E-state index contributed by atoms with van der Waals surface area (Å²) in [6.45, 7) is 5.16. The molecule has 1 saturated heterocycles. The number of aromatic amines is 1. The third-order valence-electron chi connectivity index (χ3n) is 6.09. The highest BCUT2D eigenvalue weighted by atomic mass is 16.5. The van der Waals surface area contributed by atoms with Crippen LogP contribution in [-0.2, 0) is 4.79 Å². The molecule has 4 aromatic rings. The van der Waals surface area contributed by atoms with E-state index in [2.05, 4.69) is 41.0 Å². The SMILES string of the molecule is C=CC(=O)N1CCCC(c2cc(-c3ccc(Oc4ccccc4)cc3)c3[nH]ncc3c2)C1. The van der Waals surface area contributed by atoms with Crippen LogP contribution in [0.4, 0.5) is 0 Å². The van der Waals surface area contributed by atoms with Crippen LogP contribution in [0.3, 0.4) is 0 Å². The molecule has 0 saturated carbocycles. The number of aromatic nitrogens is 2. The van der Waals surface area contributed by atoms with Gasteiger partial charge in [-0.3, -0.25) is 9.89 Å². The number of amides is 1. The fourth-order valence-corrected chi connectivity index (χ4v) is 4.45. The van der Waals surface area contributed by atoms with Gasteiger partial charge in [0, 0.05) is 30.0 Å². The van der Waals surface area contributed by atoms with E-state index in [1.165, 1.54) is 11.6 Å². The van der Waals surface area contributed by atoms with Gasteiger partial charge in [0.25, 0.3) is 0 Å². The molecule has 5 nitrogen and oxygen atoms in total. The first-order valence-electron chi connectivity index (χ1n) is 10.9. The summed E-state index contributed by atoms with van der Waals surface area (Å²) in [4.78, 5) is 14.0. The Morgan fingerprint density at radius 1 is 1.09 bits per heavy atom. The van der Waals surface area contributed by atoms with Gasteiger partial charge >= 0.3 is 0 Å². The number of carbonyl (C=O) groups excluding carboxylic acids is 1.